The molecule has 6 heteroatoms. The highest BCUT2D eigenvalue weighted by molar-refractivity contribution is 5.46. The number of pyridine rings is 2. The average Bonchev–Trinajstić information content (AvgIpc) is 3.12. The van der Waals surface area contributed by atoms with Gasteiger partial charge in [-0.1, -0.05) is 12.1 Å². The zero-order valence-electron chi connectivity index (χ0n) is 13.9. The van der Waals surface area contributed by atoms with Gasteiger partial charge in [-0.3, -0.25) is 9.88 Å². The Morgan fingerprint density at radius 2 is 2.04 bits per heavy atom. The highest BCUT2D eigenvalue weighted by Crippen LogP contribution is 2.32. The lowest BCUT2D eigenvalue weighted by Crippen LogP contribution is -2.23. The van der Waals surface area contributed by atoms with Crippen molar-refractivity contribution in [3.05, 3.63) is 72.4 Å². The molecule has 1 aliphatic rings. The molecule has 0 bridgehead atoms. The van der Waals surface area contributed by atoms with Crippen LogP contribution in [-0.2, 0) is 6.54 Å². The van der Waals surface area contributed by atoms with Crippen LogP contribution in [0.1, 0.15) is 30.1 Å². The summed E-state index contributed by atoms with van der Waals surface area (Å²) in [5.41, 5.74) is 2.28. The van der Waals surface area contributed by atoms with Crippen LogP contribution in [0.3, 0.4) is 0 Å². The monoisotopic (exact) mass is 332 g/mol. The van der Waals surface area contributed by atoms with Crippen LogP contribution in [0.15, 0.2) is 61.2 Å². The van der Waals surface area contributed by atoms with Gasteiger partial charge in [0.05, 0.1) is 11.7 Å². The number of nitrogens with one attached hydrogen (secondary N) is 1. The Hall–Kier alpha value is -2.86. The van der Waals surface area contributed by atoms with Gasteiger partial charge in [0.2, 0.25) is 5.95 Å². The topological polar surface area (TPSA) is 66.8 Å². The third kappa shape index (κ3) is 3.80. The van der Waals surface area contributed by atoms with Crippen LogP contribution in [0, 0.1) is 0 Å². The predicted octanol–water partition coefficient (Wildman–Crippen LogP) is 3.35. The van der Waals surface area contributed by atoms with Crippen molar-refractivity contribution < 1.29 is 0 Å². The molecule has 0 aromatic carbocycles. The number of likely N-dealkylation sites (tertiary alicyclic amines) is 1. The first-order valence-corrected chi connectivity index (χ1v) is 8.52. The van der Waals surface area contributed by atoms with Crippen molar-refractivity contribution in [2.24, 2.45) is 0 Å². The Labute approximate surface area is 147 Å². The van der Waals surface area contributed by atoms with Gasteiger partial charge in [-0.15, -0.1) is 0 Å². The van der Waals surface area contributed by atoms with Gasteiger partial charge in [-0.05, 0) is 49.2 Å². The predicted molar refractivity (Wildman–Crippen MR) is 96.2 cm³/mol. The van der Waals surface area contributed by atoms with Crippen molar-refractivity contribution in [1.82, 2.24) is 24.8 Å². The summed E-state index contributed by atoms with van der Waals surface area (Å²) in [4.78, 5) is 20.0. The molecule has 0 saturated carbocycles. The van der Waals surface area contributed by atoms with Gasteiger partial charge in [0.1, 0.15) is 5.82 Å². The summed E-state index contributed by atoms with van der Waals surface area (Å²) in [5.74, 6) is 1.34. The second-order valence-corrected chi connectivity index (χ2v) is 6.13. The van der Waals surface area contributed by atoms with E-state index in [4.69, 9.17) is 4.98 Å². The molecule has 0 aliphatic carbocycles. The molecule has 1 N–H and O–H groups in total. The minimum Gasteiger partial charge on any atom is -0.309 e. The molecule has 4 heterocycles. The molecule has 126 valence electrons. The van der Waals surface area contributed by atoms with Gasteiger partial charge >= 0.3 is 0 Å². The summed E-state index contributed by atoms with van der Waals surface area (Å²) < 4.78 is 0. The van der Waals surface area contributed by atoms with E-state index < -0.39 is 0 Å². The molecule has 3 aromatic heterocycles. The second-order valence-electron chi connectivity index (χ2n) is 6.13. The van der Waals surface area contributed by atoms with Crippen LogP contribution in [-0.4, -0.2) is 31.4 Å². The first-order chi connectivity index (χ1) is 12.4. The molecule has 0 spiro atoms. The fraction of sp³-hybridized carbons (Fsp3) is 0.263. The van der Waals surface area contributed by atoms with E-state index in [1.54, 1.807) is 6.20 Å². The van der Waals surface area contributed by atoms with Crippen molar-refractivity contribution in [3.63, 3.8) is 0 Å². The van der Waals surface area contributed by atoms with E-state index in [1.165, 1.54) is 12.0 Å². The lowest BCUT2D eigenvalue weighted by atomic mass is 10.1. The smallest absolute Gasteiger partial charge is 0.228 e. The maximum Gasteiger partial charge on any atom is 0.228 e. The van der Waals surface area contributed by atoms with E-state index in [9.17, 15) is 0 Å². The Morgan fingerprint density at radius 1 is 1.04 bits per heavy atom. The summed E-state index contributed by atoms with van der Waals surface area (Å²) in [6, 6.07) is 12.2. The lowest BCUT2D eigenvalue weighted by Gasteiger charge is -2.24. The van der Waals surface area contributed by atoms with Gasteiger partial charge in [0.15, 0.2) is 0 Å². The maximum absolute atomic E-state index is 4.72. The molecular formula is C19H20N6. The van der Waals surface area contributed by atoms with E-state index in [0.717, 1.165) is 31.0 Å². The SMILES string of the molecule is c1ccc(Nc2nccc([C@H]3CCCN3Cc3cccnc3)n2)nc1. The highest BCUT2D eigenvalue weighted by atomic mass is 15.2. The van der Waals surface area contributed by atoms with Gasteiger partial charge in [0.25, 0.3) is 0 Å². The Kier molecular flexibility index (Phi) is 4.61. The number of hydrogen-bond acceptors (Lipinski definition) is 6. The molecule has 3 aromatic rings. The van der Waals surface area contributed by atoms with Crippen molar-refractivity contribution in [2.45, 2.75) is 25.4 Å². The fourth-order valence-electron chi connectivity index (χ4n) is 3.25. The molecule has 0 amide bonds. The van der Waals surface area contributed by atoms with Crippen molar-refractivity contribution in [1.29, 1.82) is 0 Å². The van der Waals surface area contributed by atoms with Crippen LogP contribution in [0.5, 0.6) is 0 Å². The minimum atomic E-state index is 0.312. The average molecular weight is 332 g/mol. The van der Waals surface area contributed by atoms with E-state index in [1.807, 2.05) is 48.9 Å². The number of hydrogen-bond donors (Lipinski definition) is 1. The quantitative estimate of drug-likeness (QED) is 0.773. The van der Waals surface area contributed by atoms with Crippen LogP contribution in [0.4, 0.5) is 11.8 Å². The Bertz CT molecular complexity index is 808. The Morgan fingerprint density at radius 3 is 2.88 bits per heavy atom. The molecule has 1 aliphatic heterocycles. The third-order valence-corrected chi connectivity index (χ3v) is 4.40. The van der Waals surface area contributed by atoms with Crippen LogP contribution in [0.2, 0.25) is 0 Å². The summed E-state index contributed by atoms with van der Waals surface area (Å²) in [6.45, 7) is 1.97. The van der Waals surface area contributed by atoms with Crippen LogP contribution < -0.4 is 5.32 Å². The van der Waals surface area contributed by atoms with Crippen molar-refractivity contribution in [3.8, 4) is 0 Å². The van der Waals surface area contributed by atoms with Gasteiger partial charge < -0.3 is 5.32 Å². The summed E-state index contributed by atoms with van der Waals surface area (Å²) in [7, 11) is 0. The Balaban J connectivity index is 1.51. The lowest BCUT2D eigenvalue weighted by molar-refractivity contribution is 0.244. The minimum absolute atomic E-state index is 0.312. The largest absolute Gasteiger partial charge is 0.309 e. The van der Waals surface area contributed by atoms with Crippen LogP contribution >= 0.6 is 0 Å². The molecule has 1 atom stereocenters. The molecule has 25 heavy (non-hydrogen) atoms. The molecule has 6 nitrogen and oxygen atoms in total. The molecule has 1 fully saturated rings. The van der Waals surface area contributed by atoms with Crippen LogP contribution in [0.25, 0.3) is 0 Å². The third-order valence-electron chi connectivity index (χ3n) is 4.40. The molecular weight excluding hydrogens is 312 g/mol. The molecule has 4 rings (SSSR count). The van der Waals surface area contributed by atoms with Gasteiger partial charge in [0, 0.05) is 31.3 Å². The van der Waals surface area contributed by atoms with E-state index in [2.05, 4.69) is 31.2 Å². The molecule has 0 radical (unpaired) electrons. The van der Waals surface area contributed by atoms with E-state index >= 15 is 0 Å². The zero-order chi connectivity index (χ0) is 16.9. The van der Waals surface area contributed by atoms with E-state index in [0.29, 0.717) is 12.0 Å². The summed E-state index contributed by atoms with van der Waals surface area (Å²) in [6.07, 6.45) is 9.60. The fourth-order valence-corrected chi connectivity index (χ4v) is 3.25. The second kappa shape index (κ2) is 7.36. The molecule has 1 saturated heterocycles. The highest BCUT2D eigenvalue weighted by Gasteiger charge is 2.27. The number of nitrogens with zero attached hydrogens (tertiary/aromatic N) is 5. The maximum atomic E-state index is 4.72. The standard InChI is InChI=1S/C19H20N6/c1-2-10-21-18(7-1)24-19-22-11-8-16(23-19)17-6-4-12-25(17)14-15-5-3-9-20-13-15/h1-3,5,7-11,13,17H,4,6,12,14H2,(H,21,22,23,24)/t17-/m1/s1. The molecule has 0 unspecified atom stereocenters. The number of anilines is 2. The first-order valence-electron chi connectivity index (χ1n) is 8.52. The van der Waals surface area contributed by atoms with Crippen molar-refractivity contribution in [2.75, 3.05) is 11.9 Å². The van der Waals surface area contributed by atoms with E-state index in [-0.39, 0.29) is 0 Å². The summed E-state index contributed by atoms with van der Waals surface area (Å²) in [5, 5.41) is 3.17. The van der Waals surface area contributed by atoms with Gasteiger partial charge in [-0.2, -0.15) is 0 Å². The normalized spacial score (nSPS) is 17.5. The first kappa shape index (κ1) is 15.7. The summed E-state index contributed by atoms with van der Waals surface area (Å²) >= 11 is 0. The zero-order valence-corrected chi connectivity index (χ0v) is 13.9. The van der Waals surface area contributed by atoms with Gasteiger partial charge in [-0.25, -0.2) is 15.0 Å². The van der Waals surface area contributed by atoms with Crippen molar-refractivity contribution >= 4 is 11.8 Å². The number of rotatable bonds is 5. The number of aromatic nitrogens is 4.